The third-order valence-electron chi connectivity index (χ3n) is 3.32. The Morgan fingerprint density at radius 3 is 2.85 bits per heavy atom. The fourth-order valence-corrected chi connectivity index (χ4v) is 2.34. The van der Waals surface area contributed by atoms with Crippen LogP contribution in [0.1, 0.15) is 6.42 Å². The minimum atomic E-state index is -0.541. The van der Waals surface area contributed by atoms with Gasteiger partial charge < -0.3 is 15.7 Å². The molecule has 110 valence electrons. The van der Waals surface area contributed by atoms with Crippen LogP contribution in [0.15, 0.2) is 6.33 Å². The van der Waals surface area contributed by atoms with Crippen LogP contribution in [0.5, 0.6) is 0 Å². The van der Waals surface area contributed by atoms with Gasteiger partial charge in [0.25, 0.3) is 0 Å². The fourth-order valence-electron chi connectivity index (χ4n) is 2.34. The summed E-state index contributed by atoms with van der Waals surface area (Å²) in [6.45, 7) is 3.58. The maximum Gasteiger partial charge on any atom is 0.353 e. The van der Waals surface area contributed by atoms with E-state index in [1.54, 1.807) is 0 Å². The SMILES string of the molecule is Nc1ncnc(N2CCCN(CCO)CC2)c1[N+](=O)[O-]. The predicted octanol–water partition coefficient (Wildman–Crippen LogP) is -0.529. The highest BCUT2D eigenvalue weighted by Gasteiger charge is 2.26. The monoisotopic (exact) mass is 282 g/mol. The molecule has 0 atom stereocenters. The van der Waals surface area contributed by atoms with Crippen LogP contribution in [0.2, 0.25) is 0 Å². The van der Waals surface area contributed by atoms with Gasteiger partial charge in [0, 0.05) is 26.2 Å². The van der Waals surface area contributed by atoms with Gasteiger partial charge in [-0.25, -0.2) is 9.97 Å². The van der Waals surface area contributed by atoms with Gasteiger partial charge in [0.05, 0.1) is 11.5 Å². The molecule has 1 aromatic rings. The third-order valence-corrected chi connectivity index (χ3v) is 3.32. The molecule has 3 N–H and O–H groups in total. The maximum atomic E-state index is 11.1. The normalized spacial score (nSPS) is 16.9. The van der Waals surface area contributed by atoms with Crippen molar-refractivity contribution >= 4 is 17.3 Å². The van der Waals surface area contributed by atoms with E-state index in [1.165, 1.54) is 6.33 Å². The van der Waals surface area contributed by atoms with Gasteiger partial charge in [-0.15, -0.1) is 0 Å². The molecule has 2 rings (SSSR count). The number of β-amino-alcohol motifs (C(OH)–C–C–N with tert-alkyl or cyclic N) is 1. The van der Waals surface area contributed by atoms with E-state index in [1.807, 2.05) is 4.90 Å². The summed E-state index contributed by atoms with van der Waals surface area (Å²) in [5.41, 5.74) is 5.35. The average molecular weight is 282 g/mol. The van der Waals surface area contributed by atoms with Gasteiger partial charge in [-0.05, 0) is 13.0 Å². The number of nitrogens with zero attached hydrogens (tertiary/aromatic N) is 5. The first-order valence-electron chi connectivity index (χ1n) is 6.46. The van der Waals surface area contributed by atoms with Crippen LogP contribution in [-0.4, -0.2) is 64.2 Å². The van der Waals surface area contributed by atoms with Crippen LogP contribution < -0.4 is 10.6 Å². The zero-order valence-corrected chi connectivity index (χ0v) is 11.1. The van der Waals surface area contributed by atoms with Gasteiger partial charge in [0.2, 0.25) is 11.6 Å². The molecule has 2 heterocycles. The number of aliphatic hydroxyl groups excluding tert-OH is 1. The molecule has 1 aliphatic heterocycles. The fraction of sp³-hybridized carbons (Fsp3) is 0.636. The summed E-state index contributed by atoms with van der Waals surface area (Å²) < 4.78 is 0. The van der Waals surface area contributed by atoms with E-state index in [2.05, 4.69) is 14.9 Å². The van der Waals surface area contributed by atoms with Crippen molar-refractivity contribution < 1.29 is 10.0 Å². The van der Waals surface area contributed by atoms with E-state index < -0.39 is 4.92 Å². The Kier molecular flexibility index (Phi) is 4.64. The molecule has 1 fully saturated rings. The minimum absolute atomic E-state index is 0.112. The largest absolute Gasteiger partial charge is 0.395 e. The molecule has 20 heavy (non-hydrogen) atoms. The molecule has 0 spiro atoms. The zero-order valence-electron chi connectivity index (χ0n) is 11.1. The van der Waals surface area contributed by atoms with E-state index in [4.69, 9.17) is 10.8 Å². The molecule has 9 nitrogen and oxygen atoms in total. The molecule has 1 saturated heterocycles. The van der Waals surface area contributed by atoms with Gasteiger partial charge in [0.15, 0.2) is 0 Å². The molecule has 0 saturated carbocycles. The van der Waals surface area contributed by atoms with Crippen molar-refractivity contribution in [3.8, 4) is 0 Å². The highest BCUT2D eigenvalue weighted by Crippen LogP contribution is 2.30. The van der Waals surface area contributed by atoms with Gasteiger partial charge in [-0.3, -0.25) is 15.0 Å². The van der Waals surface area contributed by atoms with Crippen molar-refractivity contribution in [1.29, 1.82) is 0 Å². The minimum Gasteiger partial charge on any atom is -0.395 e. The molecule has 0 unspecified atom stereocenters. The van der Waals surface area contributed by atoms with E-state index in [9.17, 15) is 10.1 Å². The Morgan fingerprint density at radius 1 is 1.35 bits per heavy atom. The summed E-state index contributed by atoms with van der Waals surface area (Å²) in [5.74, 6) is 0.157. The highest BCUT2D eigenvalue weighted by molar-refractivity contribution is 5.68. The Morgan fingerprint density at radius 2 is 2.15 bits per heavy atom. The van der Waals surface area contributed by atoms with E-state index in [0.29, 0.717) is 19.6 Å². The quantitative estimate of drug-likeness (QED) is 0.558. The zero-order chi connectivity index (χ0) is 14.5. The van der Waals surface area contributed by atoms with Crippen molar-refractivity contribution in [1.82, 2.24) is 14.9 Å². The van der Waals surface area contributed by atoms with Gasteiger partial charge in [0.1, 0.15) is 6.33 Å². The van der Waals surface area contributed by atoms with Crippen LogP contribution in [0.3, 0.4) is 0 Å². The first kappa shape index (κ1) is 14.4. The number of hydrogen-bond acceptors (Lipinski definition) is 8. The number of nitrogens with two attached hydrogens (primary N) is 1. The molecule has 0 amide bonds. The summed E-state index contributed by atoms with van der Waals surface area (Å²) >= 11 is 0. The second-order valence-electron chi connectivity index (χ2n) is 4.59. The van der Waals surface area contributed by atoms with Crippen LogP contribution in [0, 0.1) is 10.1 Å². The number of hydrogen-bond donors (Lipinski definition) is 2. The molecule has 1 aromatic heterocycles. The Hall–Kier alpha value is -2.00. The Labute approximate surface area is 116 Å². The lowest BCUT2D eigenvalue weighted by molar-refractivity contribution is -0.383. The maximum absolute atomic E-state index is 11.1. The molecule has 0 bridgehead atoms. The lowest BCUT2D eigenvalue weighted by Crippen LogP contribution is -2.33. The summed E-state index contributed by atoms with van der Waals surface area (Å²) in [5, 5.41) is 20.1. The Balaban J connectivity index is 2.20. The Bertz CT molecular complexity index is 483. The predicted molar refractivity (Wildman–Crippen MR) is 73.5 cm³/mol. The summed E-state index contributed by atoms with van der Waals surface area (Å²) in [6, 6.07) is 0. The van der Waals surface area contributed by atoms with Gasteiger partial charge in [-0.1, -0.05) is 0 Å². The van der Waals surface area contributed by atoms with Crippen molar-refractivity contribution in [3.05, 3.63) is 16.4 Å². The van der Waals surface area contributed by atoms with E-state index >= 15 is 0 Å². The second kappa shape index (κ2) is 6.44. The van der Waals surface area contributed by atoms with Crippen LogP contribution in [0.25, 0.3) is 0 Å². The van der Waals surface area contributed by atoms with Crippen molar-refractivity contribution in [2.24, 2.45) is 0 Å². The van der Waals surface area contributed by atoms with E-state index in [0.717, 1.165) is 19.5 Å². The number of nitro groups is 1. The summed E-state index contributed by atoms with van der Waals surface area (Å²) in [4.78, 5) is 22.2. The summed E-state index contributed by atoms with van der Waals surface area (Å²) in [6.07, 6.45) is 2.09. The standard InChI is InChI=1S/C11H18N6O3/c12-10-9(17(19)20)11(14-8-13-10)16-3-1-2-15(4-5-16)6-7-18/h8,18H,1-7H2,(H2,12,13,14). The highest BCUT2D eigenvalue weighted by atomic mass is 16.6. The van der Waals surface area contributed by atoms with Gasteiger partial charge >= 0.3 is 5.69 Å². The summed E-state index contributed by atoms with van der Waals surface area (Å²) in [7, 11) is 0. The van der Waals surface area contributed by atoms with E-state index in [-0.39, 0.29) is 23.9 Å². The lowest BCUT2D eigenvalue weighted by atomic mass is 10.3. The number of aromatic nitrogens is 2. The lowest BCUT2D eigenvalue weighted by Gasteiger charge is -2.22. The smallest absolute Gasteiger partial charge is 0.353 e. The van der Waals surface area contributed by atoms with Crippen molar-refractivity contribution in [3.63, 3.8) is 0 Å². The number of nitrogen functional groups attached to an aromatic ring is 1. The average Bonchev–Trinajstić information content (AvgIpc) is 2.64. The first-order valence-corrected chi connectivity index (χ1v) is 6.46. The molecule has 0 aromatic carbocycles. The van der Waals surface area contributed by atoms with Crippen LogP contribution >= 0.6 is 0 Å². The molecule has 0 aliphatic carbocycles. The first-order chi connectivity index (χ1) is 9.63. The molecule has 1 aliphatic rings. The topological polar surface area (TPSA) is 122 Å². The van der Waals surface area contributed by atoms with Crippen molar-refractivity contribution in [2.45, 2.75) is 6.42 Å². The molecule has 9 heteroatoms. The third kappa shape index (κ3) is 3.11. The second-order valence-corrected chi connectivity index (χ2v) is 4.59. The number of aliphatic hydroxyl groups is 1. The van der Waals surface area contributed by atoms with Gasteiger partial charge in [-0.2, -0.15) is 0 Å². The van der Waals surface area contributed by atoms with Crippen LogP contribution in [-0.2, 0) is 0 Å². The van der Waals surface area contributed by atoms with Crippen molar-refractivity contribution in [2.75, 3.05) is 50.0 Å². The molecule has 0 radical (unpaired) electrons. The van der Waals surface area contributed by atoms with Crippen LogP contribution in [0.4, 0.5) is 17.3 Å². The molecular formula is C11H18N6O3. The number of rotatable bonds is 4. The molecular weight excluding hydrogens is 264 g/mol. The number of anilines is 2.